The minimum atomic E-state index is -0.208. The normalized spacial score (nSPS) is 12.2. The predicted octanol–water partition coefficient (Wildman–Crippen LogP) is 3.52. The molecule has 0 radical (unpaired) electrons. The van der Waals surface area contributed by atoms with Crippen LogP contribution in [0.2, 0.25) is 0 Å². The summed E-state index contributed by atoms with van der Waals surface area (Å²) in [6.45, 7) is 11.0. The molecule has 2 heterocycles. The Bertz CT molecular complexity index is 911. The Hall–Kier alpha value is -2.43. The van der Waals surface area contributed by atoms with Crippen molar-refractivity contribution in [1.29, 1.82) is 0 Å². The average Bonchev–Trinajstić information content (AvgIpc) is 2.95. The van der Waals surface area contributed by atoms with Crippen LogP contribution in [0.5, 0.6) is 0 Å². The Labute approximate surface area is 142 Å². The fourth-order valence-corrected chi connectivity index (χ4v) is 2.76. The number of hydrogen-bond acceptors (Lipinski definition) is 3. The van der Waals surface area contributed by atoms with Crippen molar-refractivity contribution in [3.05, 3.63) is 58.3 Å². The van der Waals surface area contributed by atoms with E-state index in [0.29, 0.717) is 23.5 Å². The van der Waals surface area contributed by atoms with E-state index in [-0.39, 0.29) is 11.1 Å². The molecule has 0 aliphatic rings. The van der Waals surface area contributed by atoms with Crippen LogP contribution in [0.25, 0.3) is 11.0 Å². The summed E-state index contributed by atoms with van der Waals surface area (Å²) in [6.07, 6.45) is 3.24. The van der Waals surface area contributed by atoms with E-state index in [1.807, 2.05) is 20.8 Å². The SMILES string of the molecule is CC(C)c1ccc(Cn2cnc3c(cnn3C(C)(C)C)c2=O)cc1. The molecule has 3 aromatic rings. The van der Waals surface area contributed by atoms with E-state index < -0.39 is 0 Å². The fraction of sp³-hybridized carbons (Fsp3) is 0.421. The molecule has 24 heavy (non-hydrogen) atoms. The molecule has 0 fully saturated rings. The zero-order chi connectivity index (χ0) is 17.5. The summed E-state index contributed by atoms with van der Waals surface area (Å²) in [5.41, 5.74) is 2.76. The van der Waals surface area contributed by atoms with E-state index in [0.717, 1.165) is 5.56 Å². The minimum absolute atomic E-state index is 0.0524. The van der Waals surface area contributed by atoms with E-state index in [9.17, 15) is 4.79 Å². The standard InChI is InChI=1S/C19H24N4O/c1-13(2)15-8-6-14(7-9-15)11-22-12-20-17-16(18(22)24)10-21-23(17)19(3,4)5/h6-10,12-13H,11H2,1-5H3. The van der Waals surface area contributed by atoms with Crippen LogP contribution < -0.4 is 5.56 Å². The lowest BCUT2D eigenvalue weighted by Gasteiger charge is -2.19. The van der Waals surface area contributed by atoms with Gasteiger partial charge in [-0.3, -0.25) is 9.36 Å². The highest BCUT2D eigenvalue weighted by Gasteiger charge is 2.19. The lowest BCUT2D eigenvalue weighted by atomic mass is 10.0. The molecule has 3 rings (SSSR count). The number of hydrogen-bond donors (Lipinski definition) is 0. The molecule has 0 unspecified atom stereocenters. The van der Waals surface area contributed by atoms with Gasteiger partial charge in [0.25, 0.3) is 5.56 Å². The van der Waals surface area contributed by atoms with E-state index >= 15 is 0 Å². The molecule has 0 saturated carbocycles. The second-order valence-corrected chi connectivity index (χ2v) is 7.54. The predicted molar refractivity (Wildman–Crippen MR) is 96.4 cm³/mol. The molecule has 0 bridgehead atoms. The third kappa shape index (κ3) is 2.98. The third-order valence-electron chi connectivity index (χ3n) is 4.19. The van der Waals surface area contributed by atoms with Crippen LogP contribution in [0.15, 0.2) is 41.6 Å². The average molecular weight is 324 g/mol. The van der Waals surface area contributed by atoms with Crippen LogP contribution in [0.1, 0.15) is 51.7 Å². The van der Waals surface area contributed by atoms with Crippen LogP contribution in [-0.2, 0) is 12.1 Å². The van der Waals surface area contributed by atoms with Crippen molar-refractivity contribution in [1.82, 2.24) is 19.3 Å². The molecule has 0 aliphatic carbocycles. The summed E-state index contributed by atoms with van der Waals surface area (Å²) < 4.78 is 3.44. The Kier molecular flexibility index (Phi) is 4.03. The van der Waals surface area contributed by atoms with E-state index in [2.05, 4.69) is 48.2 Å². The highest BCUT2D eigenvalue weighted by Crippen LogP contribution is 2.18. The molecular formula is C19H24N4O. The van der Waals surface area contributed by atoms with Crippen molar-refractivity contribution in [2.24, 2.45) is 0 Å². The first-order chi connectivity index (χ1) is 11.3. The molecule has 0 spiro atoms. The van der Waals surface area contributed by atoms with Gasteiger partial charge in [0.1, 0.15) is 11.7 Å². The summed E-state index contributed by atoms with van der Waals surface area (Å²) in [6, 6.07) is 8.39. The number of nitrogens with zero attached hydrogens (tertiary/aromatic N) is 4. The monoisotopic (exact) mass is 324 g/mol. The largest absolute Gasteiger partial charge is 0.294 e. The Morgan fingerprint density at radius 1 is 1.12 bits per heavy atom. The van der Waals surface area contributed by atoms with Crippen molar-refractivity contribution >= 4 is 11.0 Å². The molecule has 2 aromatic heterocycles. The van der Waals surface area contributed by atoms with E-state index in [1.54, 1.807) is 21.8 Å². The summed E-state index contributed by atoms with van der Waals surface area (Å²) in [7, 11) is 0. The van der Waals surface area contributed by atoms with Gasteiger partial charge >= 0.3 is 0 Å². The quantitative estimate of drug-likeness (QED) is 0.741. The molecule has 5 nitrogen and oxygen atoms in total. The van der Waals surface area contributed by atoms with Crippen LogP contribution in [0.3, 0.4) is 0 Å². The highest BCUT2D eigenvalue weighted by atomic mass is 16.1. The van der Waals surface area contributed by atoms with Gasteiger partial charge in [0.2, 0.25) is 0 Å². The molecular weight excluding hydrogens is 300 g/mol. The first-order valence-electron chi connectivity index (χ1n) is 8.30. The second kappa shape index (κ2) is 5.89. The maximum atomic E-state index is 12.7. The minimum Gasteiger partial charge on any atom is -0.294 e. The third-order valence-corrected chi connectivity index (χ3v) is 4.19. The van der Waals surface area contributed by atoms with Gasteiger partial charge in [-0.15, -0.1) is 0 Å². The van der Waals surface area contributed by atoms with Crippen molar-refractivity contribution in [3.63, 3.8) is 0 Å². The van der Waals surface area contributed by atoms with Gasteiger partial charge < -0.3 is 0 Å². The molecule has 0 aliphatic heterocycles. The Morgan fingerprint density at radius 3 is 2.38 bits per heavy atom. The Balaban J connectivity index is 1.96. The van der Waals surface area contributed by atoms with Gasteiger partial charge in [-0.25, -0.2) is 9.67 Å². The second-order valence-electron chi connectivity index (χ2n) is 7.54. The first kappa shape index (κ1) is 16.4. The number of rotatable bonds is 3. The van der Waals surface area contributed by atoms with Gasteiger partial charge in [-0.1, -0.05) is 38.1 Å². The molecule has 5 heteroatoms. The van der Waals surface area contributed by atoms with Crippen molar-refractivity contribution < 1.29 is 0 Å². The number of benzene rings is 1. The van der Waals surface area contributed by atoms with Crippen LogP contribution in [0, 0.1) is 0 Å². The summed E-state index contributed by atoms with van der Waals surface area (Å²) in [5, 5.41) is 4.91. The van der Waals surface area contributed by atoms with Gasteiger partial charge in [0.15, 0.2) is 5.65 Å². The number of aromatic nitrogens is 4. The lowest BCUT2D eigenvalue weighted by molar-refractivity contribution is 0.365. The van der Waals surface area contributed by atoms with Gasteiger partial charge in [0, 0.05) is 0 Å². The van der Waals surface area contributed by atoms with E-state index in [1.165, 1.54) is 5.56 Å². The molecule has 0 N–H and O–H groups in total. The summed E-state index contributed by atoms with van der Waals surface area (Å²) >= 11 is 0. The molecule has 0 amide bonds. The van der Waals surface area contributed by atoms with E-state index in [4.69, 9.17) is 0 Å². The zero-order valence-corrected chi connectivity index (χ0v) is 14.9. The van der Waals surface area contributed by atoms with Crippen molar-refractivity contribution in [2.75, 3.05) is 0 Å². The van der Waals surface area contributed by atoms with Crippen LogP contribution >= 0.6 is 0 Å². The molecule has 126 valence electrons. The van der Waals surface area contributed by atoms with Crippen molar-refractivity contribution in [3.8, 4) is 0 Å². The highest BCUT2D eigenvalue weighted by molar-refractivity contribution is 5.73. The van der Waals surface area contributed by atoms with Crippen LogP contribution in [0.4, 0.5) is 0 Å². The molecule has 0 saturated heterocycles. The Morgan fingerprint density at radius 2 is 1.79 bits per heavy atom. The summed E-state index contributed by atoms with van der Waals surface area (Å²) in [4.78, 5) is 17.2. The smallest absolute Gasteiger partial charge is 0.264 e. The first-order valence-corrected chi connectivity index (χ1v) is 8.30. The fourth-order valence-electron chi connectivity index (χ4n) is 2.76. The topological polar surface area (TPSA) is 52.7 Å². The van der Waals surface area contributed by atoms with Crippen molar-refractivity contribution in [2.45, 2.75) is 52.6 Å². The van der Waals surface area contributed by atoms with Gasteiger partial charge in [0.05, 0.1) is 18.3 Å². The maximum Gasteiger partial charge on any atom is 0.264 e. The zero-order valence-electron chi connectivity index (χ0n) is 14.9. The molecule has 1 aromatic carbocycles. The maximum absolute atomic E-state index is 12.7. The summed E-state index contributed by atoms with van der Waals surface area (Å²) in [5.74, 6) is 0.503. The molecule has 0 atom stereocenters. The van der Waals surface area contributed by atoms with Crippen LogP contribution in [-0.4, -0.2) is 19.3 Å². The van der Waals surface area contributed by atoms with Gasteiger partial charge in [-0.2, -0.15) is 5.10 Å². The lowest BCUT2D eigenvalue weighted by Crippen LogP contribution is -2.25. The van der Waals surface area contributed by atoms with Gasteiger partial charge in [-0.05, 0) is 37.8 Å². The number of fused-ring (bicyclic) bond motifs is 1.